The summed E-state index contributed by atoms with van der Waals surface area (Å²) in [6.45, 7) is 0. The van der Waals surface area contributed by atoms with E-state index in [0.29, 0.717) is 11.3 Å². The van der Waals surface area contributed by atoms with Gasteiger partial charge in [-0.25, -0.2) is 0 Å². The molecule has 0 aliphatic heterocycles. The van der Waals surface area contributed by atoms with Crippen LogP contribution in [0.3, 0.4) is 0 Å². The van der Waals surface area contributed by atoms with Gasteiger partial charge in [-0.1, -0.05) is 18.2 Å². The summed E-state index contributed by atoms with van der Waals surface area (Å²) < 4.78 is 0. The Morgan fingerprint density at radius 3 is 2.60 bits per heavy atom. The zero-order valence-corrected chi connectivity index (χ0v) is 8.18. The van der Waals surface area contributed by atoms with E-state index in [9.17, 15) is 4.79 Å². The van der Waals surface area contributed by atoms with Crippen molar-refractivity contribution in [3.63, 3.8) is 0 Å². The number of nitrogen functional groups attached to an aromatic ring is 1. The minimum Gasteiger partial charge on any atom is -0.320 e. The first kappa shape index (κ1) is 8.47. The van der Waals surface area contributed by atoms with E-state index in [1.807, 2.05) is 18.2 Å². The highest BCUT2D eigenvalue weighted by Gasteiger charge is 2.28. The van der Waals surface area contributed by atoms with Gasteiger partial charge >= 0.3 is 0 Å². The first-order chi connectivity index (χ1) is 7.27. The Morgan fingerprint density at radius 1 is 1.27 bits per heavy atom. The smallest absolute Gasteiger partial charge is 0.293 e. The summed E-state index contributed by atoms with van der Waals surface area (Å²) in [7, 11) is 0. The van der Waals surface area contributed by atoms with Crippen LogP contribution in [0.25, 0.3) is 10.8 Å². The molecule has 76 valence electrons. The van der Waals surface area contributed by atoms with Crippen molar-refractivity contribution in [2.75, 3.05) is 5.84 Å². The lowest BCUT2D eigenvalue weighted by molar-refractivity contribution is 0.741. The van der Waals surface area contributed by atoms with Gasteiger partial charge in [0.05, 0.1) is 11.1 Å². The summed E-state index contributed by atoms with van der Waals surface area (Å²) in [5.74, 6) is 6.04. The molecule has 0 unspecified atom stereocenters. The van der Waals surface area contributed by atoms with Crippen molar-refractivity contribution in [1.29, 1.82) is 0 Å². The van der Waals surface area contributed by atoms with Gasteiger partial charge < -0.3 is 5.84 Å². The predicted molar refractivity (Wildman–Crippen MR) is 58.1 cm³/mol. The third-order valence-electron chi connectivity index (χ3n) is 2.82. The van der Waals surface area contributed by atoms with Crippen LogP contribution in [0.4, 0.5) is 0 Å². The Hall–Kier alpha value is -1.84. The van der Waals surface area contributed by atoms with E-state index < -0.39 is 0 Å². The average molecular weight is 201 g/mol. The quantitative estimate of drug-likeness (QED) is 0.700. The Balaban J connectivity index is 2.45. The van der Waals surface area contributed by atoms with Crippen molar-refractivity contribution in [1.82, 2.24) is 9.89 Å². The zero-order valence-electron chi connectivity index (χ0n) is 8.18. The van der Waals surface area contributed by atoms with Gasteiger partial charge in [-0.3, -0.25) is 4.79 Å². The maximum atomic E-state index is 11.7. The lowest BCUT2D eigenvalue weighted by Gasteiger charge is -2.05. The third kappa shape index (κ3) is 1.21. The molecule has 1 aromatic heterocycles. The fourth-order valence-corrected chi connectivity index (χ4v) is 1.89. The Labute approximate surface area is 86.3 Å². The van der Waals surface area contributed by atoms with Crippen LogP contribution in [0.2, 0.25) is 0 Å². The zero-order chi connectivity index (χ0) is 10.4. The van der Waals surface area contributed by atoms with Crippen LogP contribution in [0.15, 0.2) is 29.1 Å². The third-order valence-corrected chi connectivity index (χ3v) is 2.82. The van der Waals surface area contributed by atoms with Crippen LogP contribution in [0.1, 0.15) is 24.5 Å². The standard InChI is InChI=1S/C11H11N3O/c12-14-11(15)9-4-2-1-3-8(9)10(13-14)7-5-6-7/h1-4,7H,5-6,12H2. The van der Waals surface area contributed by atoms with E-state index in [1.165, 1.54) is 0 Å². The van der Waals surface area contributed by atoms with Gasteiger partial charge in [-0.15, -0.1) is 4.79 Å². The summed E-state index contributed by atoms with van der Waals surface area (Å²) in [6.07, 6.45) is 2.30. The van der Waals surface area contributed by atoms with Gasteiger partial charge in [-0.2, -0.15) is 5.10 Å². The Bertz CT molecular complexity index is 584. The lowest BCUT2D eigenvalue weighted by atomic mass is 10.1. The summed E-state index contributed by atoms with van der Waals surface area (Å²) in [5, 5.41) is 5.76. The van der Waals surface area contributed by atoms with Crippen molar-refractivity contribution < 1.29 is 0 Å². The van der Waals surface area contributed by atoms with Gasteiger partial charge in [0.25, 0.3) is 5.56 Å². The van der Waals surface area contributed by atoms with Gasteiger partial charge in [0, 0.05) is 11.3 Å². The minimum absolute atomic E-state index is 0.227. The van der Waals surface area contributed by atoms with E-state index >= 15 is 0 Å². The predicted octanol–water partition coefficient (Wildman–Crippen LogP) is 0.988. The van der Waals surface area contributed by atoms with Crippen molar-refractivity contribution >= 4 is 10.8 Å². The van der Waals surface area contributed by atoms with Gasteiger partial charge in [0.1, 0.15) is 0 Å². The van der Waals surface area contributed by atoms with Crippen LogP contribution < -0.4 is 11.4 Å². The molecule has 1 saturated carbocycles. The molecule has 4 heteroatoms. The molecule has 2 aromatic rings. The van der Waals surface area contributed by atoms with Crippen LogP contribution in [-0.2, 0) is 0 Å². The molecule has 1 heterocycles. The summed E-state index contributed by atoms with van der Waals surface area (Å²) in [6, 6.07) is 7.52. The van der Waals surface area contributed by atoms with E-state index in [4.69, 9.17) is 5.84 Å². The number of hydrogen-bond donors (Lipinski definition) is 1. The molecule has 1 aromatic carbocycles. The van der Waals surface area contributed by atoms with E-state index in [1.54, 1.807) is 6.07 Å². The Morgan fingerprint density at radius 2 is 1.93 bits per heavy atom. The molecule has 0 radical (unpaired) electrons. The van der Waals surface area contributed by atoms with E-state index in [2.05, 4.69) is 5.10 Å². The van der Waals surface area contributed by atoms with Crippen molar-refractivity contribution in [3.05, 3.63) is 40.3 Å². The van der Waals surface area contributed by atoms with Crippen molar-refractivity contribution in [2.45, 2.75) is 18.8 Å². The monoisotopic (exact) mass is 201 g/mol. The molecule has 2 N–H and O–H groups in total. The fourth-order valence-electron chi connectivity index (χ4n) is 1.89. The second-order valence-electron chi connectivity index (χ2n) is 3.95. The van der Waals surface area contributed by atoms with Gasteiger partial charge in [0.15, 0.2) is 0 Å². The first-order valence-electron chi connectivity index (χ1n) is 5.04. The highest BCUT2D eigenvalue weighted by Crippen LogP contribution is 2.41. The van der Waals surface area contributed by atoms with E-state index in [-0.39, 0.29) is 5.56 Å². The highest BCUT2D eigenvalue weighted by atomic mass is 16.1. The van der Waals surface area contributed by atoms with Crippen LogP contribution in [-0.4, -0.2) is 9.89 Å². The van der Waals surface area contributed by atoms with Crippen LogP contribution in [0, 0.1) is 0 Å². The lowest BCUT2D eigenvalue weighted by Crippen LogP contribution is -2.30. The molecular formula is C11H11N3O. The molecule has 0 bridgehead atoms. The summed E-state index contributed by atoms with van der Waals surface area (Å²) in [5.41, 5.74) is 0.739. The number of nitrogens with zero attached hydrogens (tertiary/aromatic N) is 2. The fraction of sp³-hybridized carbons (Fsp3) is 0.273. The second-order valence-corrected chi connectivity index (χ2v) is 3.95. The first-order valence-corrected chi connectivity index (χ1v) is 5.04. The Kier molecular flexibility index (Phi) is 1.59. The number of aromatic nitrogens is 2. The molecule has 4 nitrogen and oxygen atoms in total. The molecule has 1 aliphatic carbocycles. The molecule has 0 spiro atoms. The SMILES string of the molecule is Nn1nc(C2CC2)c2ccccc2c1=O. The van der Waals surface area contributed by atoms with Gasteiger partial charge in [0.2, 0.25) is 0 Å². The topological polar surface area (TPSA) is 60.9 Å². The number of benzene rings is 1. The molecule has 1 aliphatic rings. The van der Waals surface area contributed by atoms with Crippen molar-refractivity contribution in [3.8, 4) is 0 Å². The van der Waals surface area contributed by atoms with E-state index in [0.717, 1.165) is 28.7 Å². The van der Waals surface area contributed by atoms with Crippen molar-refractivity contribution in [2.24, 2.45) is 0 Å². The maximum Gasteiger partial charge on any atom is 0.293 e. The molecule has 15 heavy (non-hydrogen) atoms. The molecule has 0 amide bonds. The minimum atomic E-state index is -0.227. The summed E-state index contributed by atoms with van der Waals surface area (Å²) in [4.78, 5) is 12.7. The summed E-state index contributed by atoms with van der Waals surface area (Å²) >= 11 is 0. The average Bonchev–Trinajstić information content (AvgIpc) is 3.07. The molecule has 0 saturated heterocycles. The van der Waals surface area contributed by atoms with Gasteiger partial charge in [-0.05, 0) is 18.9 Å². The molecule has 3 rings (SSSR count). The maximum absolute atomic E-state index is 11.7. The van der Waals surface area contributed by atoms with Crippen LogP contribution >= 0.6 is 0 Å². The molecule has 0 atom stereocenters. The number of rotatable bonds is 1. The number of fused-ring (bicyclic) bond motifs is 1. The van der Waals surface area contributed by atoms with Crippen LogP contribution in [0.5, 0.6) is 0 Å². The number of hydrogen-bond acceptors (Lipinski definition) is 3. The second kappa shape index (κ2) is 2.82. The number of nitrogens with two attached hydrogens (primary N) is 1. The largest absolute Gasteiger partial charge is 0.320 e. The highest BCUT2D eigenvalue weighted by molar-refractivity contribution is 5.84. The molecule has 1 fully saturated rings. The molecular weight excluding hydrogens is 190 g/mol. The normalized spacial score (nSPS) is 15.7.